The van der Waals surface area contributed by atoms with E-state index in [1.165, 1.54) is 4.90 Å². The molecule has 2 bridgehead atoms. The van der Waals surface area contributed by atoms with Gasteiger partial charge in [-0.05, 0) is 37.1 Å². The molecule has 1 aromatic carbocycles. The van der Waals surface area contributed by atoms with E-state index in [2.05, 4.69) is 15.6 Å². The van der Waals surface area contributed by atoms with Gasteiger partial charge in [0.05, 0.1) is 5.69 Å². The van der Waals surface area contributed by atoms with Crippen molar-refractivity contribution in [3.8, 4) is 5.69 Å². The number of alkyl halides is 3. The van der Waals surface area contributed by atoms with Crippen LogP contribution < -0.4 is 5.32 Å². The second-order valence-electron chi connectivity index (χ2n) is 6.78. The second kappa shape index (κ2) is 6.57. The zero-order valence-corrected chi connectivity index (χ0v) is 14.4. The van der Waals surface area contributed by atoms with Crippen molar-refractivity contribution in [2.45, 2.75) is 37.5 Å². The van der Waals surface area contributed by atoms with Crippen LogP contribution in [0.2, 0.25) is 0 Å². The summed E-state index contributed by atoms with van der Waals surface area (Å²) in [5, 5.41) is 9.67. The maximum absolute atomic E-state index is 13.8. The number of benzene rings is 1. The molecule has 148 valence electrons. The van der Waals surface area contributed by atoms with Gasteiger partial charge in [-0.1, -0.05) is 5.21 Å². The van der Waals surface area contributed by atoms with Crippen molar-refractivity contribution in [1.82, 2.24) is 25.2 Å². The van der Waals surface area contributed by atoms with E-state index in [1.54, 1.807) is 0 Å². The van der Waals surface area contributed by atoms with Crippen molar-refractivity contribution in [1.29, 1.82) is 0 Å². The molecule has 2 unspecified atom stereocenters. The van der Waals surface area contributed by atoms with E-state index in [0.29, 0.717) is 17.5 Å². The average molecular weight is 397 g/mol. The number of amides is 2. The van der Waals surface area contributed by atoms with Gasteiger partial charge in [0.15, 0.2) is 11.4 Å². The van der Waals surface area contributed by atoms with Crippen LogP contribution in [-0.4, -0.2) is 50.3 Å². The number of hydrogen-bond donors (Lipinski definition) is 1. The molecule has 28 heavy (non-hydrogen) atoms. The zero-order chi connectivity index (χ0) is 20.1. The molecule has 0 spiro atoms. The SMILES string of the molecule is O=C1CC2CCC(CN1)N2C(=O)c1nnn(-c2ccc(F)cc2)c1C(F)(F)F. The first-order chi connectivity index (χ1) is 13.3. The topological polar surface area (TPSA) is 80.1 Å². The third kappa shape index (κ3) is 3.10. The number of fused-ring (bicyclic) bond motifs is 2. The minimum Gasteiger partial charge on any atom is -0.354 e. The van der Waals surface area contributed by atoms with Crippen LogP contribution in [0.5, 0.6) is 0 Å². The maximum atomic E-state index is 13.8. The van der Waals surface area contributed by atoms with Gasteiger partial charge in [0.1, 0.15) is 5.82 Å². The lowest BCUT2D eigenvalue weighted by Gasteiger charge is -2.27. The Kier molecular flexibility index (Phi) is 4.31. The van der Waals surface area contributed by atoms with E-state index >= 15 is 0 Å². The number of aromatic nitrogens is 3. The molecule has 2 saturated heterocycles. The van der Waals surface area contributed by atoms with Gasteiger partial charge < -0.3 is 10.2 Å². The van der Waals surface area contributed by atoms with E-state index in [4.69, 9.17) is 0 Å². The van der Waals surface area contributed by atoms with Crippen LogP contribution in [0.15, 0.2) is 24.3 Å². The number of rotatable bonds is 2. The number of halogens is 4. The van der Waals surface area contributed by atoms with Gasteiger partial charge in [-0.2, -0.15) is 13.2 Å². The molecular formula is C17H15F4N5O2. The number of carbonyl (C=O) groups is 2. The summed E-state index contributed by atoms with van der Waals surface area (Å²) in [5.74, 6) is -1.77. The smallest absolute Gasteiger partial charge is 0.354 e. The monoisotopic (exact) mass is 397 g/mol. The highest BCUT2D eigenvalue weighted by atomic mass is 19.4. The minimum absolute atomic E-state index is 0.0374. The highest BCUT2D eigenvalue weighted by Gasteiger charge is 2.47. The fraction of sp³-hybridized carbons (Fsp3) is 0.412. The molecule has 0 saturated carbocycles. The number of nitrogens with one attached hydrogen (secondary N) is 1. The van der Waals surface area contributed by atoms with Gasteiger partial charge in [0, 0.05) is 25.0 Å². The molecule has 2 fully saturated rings. The Labute approximate surface area is 156 Å². The summed E-state index contributed by atoms with van der Waals surface area (Å²) in [6.07, 6.45) is -3.75. The van der Waals surface area contributed by atoms with Crippen molar-refractivity contribution < 1.29 is 27.2 Å². The largest absolute Gasteiger partial charge is 0.435 e. The maximum Gasteiger partial charge on any atom is 0.435 e. The van der Waals surface area contributed by atoms with Crippen molar-refractivity contribution in [2.24, 2.45) is 0 Å². The fourth-order valence-electron chi connectivity index (χ4n) is 3.78. The molecule has 2 atom stereocenters. The minimum atomic E-state index is -4.91. The predicted octanol–water partition coefficient (Wildman–Crippen LogP) is 1.92. The highest BCUT2D eigenvalue weighted by molar-refractivity contribution is 5.95. The Morgan fingerprint density at radius 1 is 1.14 bits per heavy atom. The molecule has 1 N–H and O–H groups in total. The Hall–Kier alpha value is -2.98. The number of hydrogen-bond acceptors (Lipinski definition) is 4. The molecule has 0 aliphatic carbocycles. The molecule has 0 radical (unpaired) electrons. The van der Waals surface area contributed by atoms with Crippen LogP contribution in [0.25, 0.3) is 5.69 Å². The third-order valence-corrected chi connectivity index (χ3v) is 5.02. The van der Waals surface area contributed by atoms with E-state index in [9.17, 15) is 27.2 Å². The molecule has 3 heterocycles. The summed E-state index contributed by atoms with van der Waals surface area (Å²) >= 11 is 0. The Balaban J connectivity index is 1.76. The van der Waals surface area contributed by atoms with Crippen LogP contribution in [0.1, 0.15) is 35.4 Å². The molecular weight excluding hydrogens is 382 g/mol. The summed E-state index contributed by atoms with van der Waals surface area (Å²) < 4.78 is 54.9. The van der Waals surface area contributed by atoms with E-state index in [0.717, 1.165) is 24.3 Å². The first-order valence-corrected chi connectivity index (χ1v) is 8.64. The molecule has 11 heteroatoms. The summed E-state index contributed by atoms with van der Waals surface area (Å²) in [7, 11) is 0. The van der Waals surface area contributed by atoms with Gasteiger partial charge in [-0.15, -0.1) is 5.10 Å². The Morgan fingerprint density at radius 3 is 2.50 bits per heavy atom. The lowest BCUT2D eigenvalue weighted by Crippen LogP contribution is -2.43. The van der Waals surface area contributed by atoms with Crippen LogP contribution in [0, 0.1) is 5.82 Å². The standard InChI is InChI=1S/C17H15F4N5O2/c18-9-1-3-10(4-2-9)26-15(17(19,20)21)14(23-24-26)16(28)25-11-5-6-12(25)8-22-13(27)7-11/h1-4,11-12H,5-8H2,(H,22,27). The van der Waals surface area contributed by atoms with Gasteiger partial charge in [0.25, 0.3) is 5.91 Å². The van der Waals surface area contributed by atoms with Crippen molar-refractivity contribution in [3.05, 3.63) is 41.5 Å². The summed E-state index contributed by atoms with van der Waals surface area (Å²) in [6, 6.07) is 3.35. The molecule has 1 aromatic heterocycles. The van der Waals surface area contributed by atoms with Crippen molar-refractivity contribution in [2.75, 3.05) is 6.54 Å². The van der Waals surface area contributed by atoms with E-state index in [1.807, 2.05) is 0 Å². The molecule has 2 aromatic rings. The van der Waals surface area contributed by atoms with Gasteiger partial charge in [0.2, 0.25) is 5.91 Å². The summed E-state index contributed by atoms with van der Waals surface area (Å²) in [4.78, 5) is 26.0. The van der Waals surface area contributed by atoms with Gasteiger partial charge in [-0.25, -0.2) is 9.07 Å². The fourth-order valence-corrected chi connectivity index (χ4v) is 3.78. The first kappa shape index (κ1) is 18.4. The predicted molar refractivity (Wildman–Crippen MR) is 86.9 cm³/mol. The zero-order valence-electron chi connectivity index (χ0n) is 14.4. The second-order valence-corrected chi connectivity index (χ2v) is 6.78. The van der Waals surface area contributed by atoms with Crippen LogP contribution in [0.4, 0.5) is 17.6 Å². The first-order valence-electron chi connectivity index (χ1n) is 8.64. The van der Waals surface area contributed by atoms with Crippen LogP contribution >= 0.6 is 0 Å². The third-order valence-electron chi connectivity index (χ3n) is 5.02. The van der Waals surface area contributed by atoms with Gasteiger partial charge in [-0.3, -0.25) is 9.59 Å². The molecule has 4 rings (SSSR count). The molecule has 2 amide bonds. The molecule has 2 aliphatic rings. The van der Waals surface area contributed by atoms with Crippen LogP contribution in [0.3, 0.4) is 0 Å². The van der Waals surface area contributed by atoms with Crippen molar-refractivity contribution >= 4 is 11.8 Å². The number of nitrogens with zero attached hydrogens (tertiary/aromatic N) is 4. The lowest BCUT2D eigenvalue weighted by molar-refractivity contribution is -0.143. The summed E-state index contributed by atoms with van der Waals surface area (Å²) in [5.41, 5.74) is -2.23. The van der Waals surface area contributed by atoms with Gasteiger partial charge >= 0.3 is 6.18 Å². The van der Waals surface area contributed by atoms with E-state index in [-0.39, 0.29) is 30.6 Å². The Bertz CT molecular complexity index is 925. The quantitative estimate of drug-likeness (QED) is 0.786. The Morgan fingerprint density at radius 2 is 1.82 bits per heavy atom. The normalized spacial score (nSPS) is 22.1. The molecule has 7 nitrogen and oxygen atoms in total. The highest BCUT2D eigenvalue weighted by Crippen LogP contribution is 2.36. The van der Waals surface area contributed by atoms with Crippen molar-refractivity contribution in [3.63, 3.8) is 0 Å². The summed E-state index contributed by atoms with van der Waals surface area (Å²) in [6.45, 7) is 0.189. The molecule has 2 aliphatic heterocycles. The van der Waals surface area contributed by atoms with Crippen LogP contribution in [-0.2, 0) is 11.0 Å². The lowest BCUT2D eigenvalue weighted by atomic mass is 10.1. The number of carbonyl (C=O) groups excluding carboxylic acids is 2. The average Bonchev–Trinajstić information content (AvgIpc) is 3.19. The van der Waals surface area contributed by atoms with E-state index < -0.39 is 35.3 Å².